The highest BCUT2D eigenvalue weighted by molar-refractivity contribution is 9.10. The molecular weight excluding hydrogens is 252 g/mol. The Morgan fingerprint density at radius 2 is 2.13 bits per heavy atom. The fourth-order valence-electron chi connectivity index (χ4n) is 1.61. The summed E-state index contributed by atoms with van der Waals surface area (Å²) in [4.78, 5) is 4.33. The van der Waals surface area contributed by atoms with E-state index in [1.54, 1.807) is 0 Å². The zero-order valence-corrected chi connectivity index (χ0v) is 10.7. The van der Waals surface area contributed by atoms with Crippen molar-refractivity contribution in [3.63, 3.8) is 0 Å². The van der Waals surface area contributed by atoms with Gasteiger partial charge in [-0.05, 0) is 46.3 Å². The van der Waals surface area contributed by atoms with Crippen molar-refractivity contribution in [3.8, 4) is 0 Å². The van der Waals surface area contributed by atoms with Crippen molar-refractivity contribution < 1.29 is 0 Å². The summed E-state index contributed by atoms with van der Waals surface area (Å²) in [6, 6.07) is 4.23. The van der Waals surface area contributed by atoms with Crippen LogP contribution in [0.1, 0.15) is 25.8 Å². The molecule has 0 radical (unpaired) electrons. The Balaban J connectivity index is 2.22. The van der Waals surface area contributed by atoms with Crippen LogP contribution in [0.5, 0.6) is 0 Å². The van der Waals surface area contributed by atoms with Crippen LogP contribution in [0.4, 0.5) is 0 Å². The molecule has 0 spiro atoms. The van der Waals surface area contributed by atoms with Crippen LogP contribution in [0.2, 0.25) is 0 Å². The molecule has 15 heavy (non-hydrogen) atoms. The van der Waals surface area contributed by atoms with Crippen LogP contribution >= 0.6 is 15.9 Å². The van der Waals surface area contributed by atoms with Crippen LogP contribution in [0.15, 0.2) is 29.1 Å². The third-order valence-corrected chi connectivity index (χ3v) is 2.88. The Morgan fingerprint density at radius 1 is 1.33 bits per heavy atom. The van der Waals surface area contributed by atoms with Gasteiger partial charge in [0.05, 0.1) is 0 Å². The summed E-state index contributed by atoms with van der Waals surface area (Å²) in [7, 11) is 0. The van der Waals surface area contributed by atoms with Gasteiger partial charge in [-0.25, -0.2) is 4.98 Å². The topological polar surface area (TPSA) is 17.3 Å². The van der Waals surface area contributed by atoms with Crippen molar-refractivity contribution >= 4 is 21.6 Å². The quantitative estimate of drug-likeness (QED) is 0.829. The highest BCUT2D eigenvalue weighted by Gasteiger charge is 2.01. The van der Waals surface area contributed by atoms with Gasteiger partial charge in [-0.1, -0.05) is 19.9 Å². The number of hydrogen-bond donors (Lipinski definition) is 0. The summed E-state index contributed by atoms with van der Waals surface area (Å²) in [6.45, 7) is 4.51. The second kappa shape index (κ2) is 4.35. The highest BCUT2D eigenvalue weighted by Crippen LogP contribution is 2.14. The van der Waals surface area contributed by atoms with Crippen molar-refractivity contribution in [3.05, 3.63) is 34.7 Å². The van der Waals surface area contributed by atoms with Crippen LogP contribution < -0.4 is 0 Å². The Labute approximate surface area is 98.5 Å². The van der Waals surface area contributed by atoms with Gasteiger partial charge in [-0.2, -0.15) is 0 Å². The lowest BCUT2D eigenvalue weighted by atomic mass is 10.0. The van der Waals surface area contributed by atoms with Crippen LogP contribution in [0.25, 0.3) is 5.65 Å². The zero-order chi connectivity index (χ0) is 10.8. The van der Waals surface area contributed by atoms with Crippen LogP contribution in [0.3, 0.4) is 0 Å². The predicted octanol–water partition coefficient (Wildman–Crippen LogP) is 3.69. The normalized spacial score (nSPS) is 11.5. The average molecular weight is 267 g/mol. The monoisotopic (exact) mass is 266 g/mol. The van der Waals surface area contributed by atoms with E-state index in [2.05, 4.69) is 57.5 Å². The van der Waals surface area contributed by atoms with Gasteiger partial charge in [-0.15, -0.1) is 0 Å². The third kappa shape index (κ3) is 2.59. The summed E-state index contributed by atoms with van der Waals surface area (Å²) < 4.78 is 2.96. The van der Waals surface area contributed by atoms with Gasteiger partial charge in [0.15, 0.2) is 0 Å². The van der Waals surface area contributed by atoms with Crippen molar-refractivity contribution in [2.45, 2.75) is 26.7 Å². The first kappa shape index (κ1) is 10.7. The maximum Gasteiger partial charge on any atom is 0.138 e. The highest BCUT2D eigenvalue weighted by atomic mass is 79.9. The van der Waals surface area contributed by atoms with Crippen molar-refractivity contribution in [2.75, 3.05) is 0 Å². The standard InChI is InChI=1S/C12H15BrN2/c1-9(2)3-4-10-5-6-12-14-11(13)8-15(12)7-10/h5-9H,3-4H2,1-2H3. The number of imidazole rings is 1. The molecular formula is C12H15BrN2. The zero-order valence-electron chi connectivity index (χ0n) is 9.07. The number of pyridine rings is 1. The molecule has 0 fully saturated rings. The molecule has 0 aliphatic rings. The molecule has 80 valence electrons. The molecule has 0 aromatic carbocycles. The largest absolute Gasteiger partial charge is 0.306 e. The maximum atomic E-state index is 4.33. The van der Waals surface area contributed by atoms with Crippen molar-refractivity contribution in [1.82, 2.24) is 9.38 Å². The molecule has 2 aromatic rings. The molecule has 0 unspecified atom stereocenters. The third-order valence-electron chi connectivity index (χ3n) is 2.49. The van der Waals surface area contributed by atoms with E-state index in [1.165, 1.54) is 12.0 Å². The lowest BCUT2D eigenvalue weighted by Crippen LogP contribution is -1.94. The van der Waals surface area contributed by atoms with E-state index in [0.29, 0.717) is 0 Å². The Morgan fingerprint density at radius 3 is 2.87 bits per heavy atom. The molecule has 0 N–H and O–H groups in total. The van der Waals surface area contributed by atoms with E-state index in [-0.39, 0.29) is 0 Å². The first-order valence-corrected chi connectivity index (χ1v) is 6.07. The first-order valence-electron chi connectivity index (χ1n) is 5.28. The molecule has 0 bridgehead atoms. The van der Waals surface area contributed by atoms with Gasteiger partial charge < -0.3 is 4.40 Å². The number of fused-ring (bicyclic) bond motifs is 1. The van der Waals surface area contributed by atoms with Crippen molar-refractivity contribution in [1.29, 1.82) is 0 Å². The van der Waals surface area contributed by atoms with Gasteiger partial charge in [0.1, 0.15) is 10.3 Å². The molecule has 0 saturated carbocycles. The van der Waals surface area contributed by atoms with E-state index < -0.39 is 0 Å². The number of hydrogen-bond acceptors (Lipinski definition) is 1. The van der Waals surface area contributed by atoms with Gasteiger partial charge in [-0.3, -0.25) is 0 Å². The summed E-state index contributed by atoms with van der Waals surface area (Å²) in [5.74, 6) is 0.759. The van der Waals surface area contributed by atoms with Crippen LogP contribution in [-0.2, 0) is 6.42 Å². The minimum absolute atomic E-state index is 0.759. The molecule has 2 nitrogen and oxygen atoms in total. The molecule has 2 heterocycles. The number of aryl methyl sites for hydroxylation is 1. The second-order valence-electron chi connectivity index (χ2n) is 4.30. The molecule has 2 rings (SSSR count). The SMILES string of the molecule is CC(C)CCc1ccc2nc(Br)cn2c1. The molecule has 0 amide bonds. The molecule has 0 saturated heterocycles. The van der Waals surface area contributed by atoms with E-state index >= 15 is 0 Å². The summed E-state index contributed by atoms with van der Waals surface area (Å²) >= 11 is 3.38. The Bertz CT molecular complexity index is 460. The van der Waals surface area contributed by atoms with Gasteiger partial charge in [0, 0.05) is 12.4 Å². The van der Waals surface area contributed by atoms with Crippen LogP contribution in [-0.4, -0.2) is 9.38 Å². The number of halogens is 1. The second-order valence-corrected chi connectivity index (χ2v) is 5.11. The molecule has 3 heteroatoms. The minimum atomic E-state index is 0.759. The van der Waals surface area contributed by atoms with Gasteiger partial charge in [0.2, 0.25) is 0 Å². The fraction of sp³-hybridized carbons (Fsp3) is 0.417. The average Bonchev–Trinajstić information content (AvgIpc) is 2.53. The van der Waals surface area contributed by atoms with Gasteiger partial charge in [0.25, 0.3) is 0 Å². The summed E-state index contributed by atoms with van der Waals surface area (Å²) in [6.07, 6.45) is 6.54. The van der Waals surface area contributed by atoms with Crippen LogP contribution in [0, 0.1) is 5.92 Å². The van der Waals surface area contributed by atoms with E-state index in [4.69, 9.17) is 0 Å². The number of nitrogens with zero attached hydrogens (tertiary/aromatic N) is 2. The van der Waals surface area contributed by atoms with E-state index in [0.717, 1.165) is 22.6 Å². The minimum Gasteiger partial charge on any atom is -0.306 e. The van der Waals surface area contributed by atoms with Crippen molar-refractivity contribution in [2.24, 2.45) is 5.92 Å². The maximum absolute atomic E-state index is 4.33. The lowest BCUT2D eigenvalue weighted by Gasteiger charge is -2.04. The summed E-state index contributed by atoms with van der Waals surface area (Å²) in [5, 5.41) is 0. The van der Waals surface area contributed by atoms with Gasteiger partial charge >= 0.3 is 0 Å². The molecule has 0 atom stereocenters. The smallest absolute Gasteiger partial charge is 0.138 e. The fourth-order valence-corrected chi connectivity index (χ4v) is 2.01. The number of rotatable bonds is 3. The molecule has 2 aromatic heterocycles. The van der Waals surface area contributed by atoms with E-state index in [1.807, 2.05) is 6.20 Å². The number of aromatic nitrogens is 2. The Hall–Kier alpha value is -0.830. The lowest BCUT2D eigenvalue weighted by molar-refractivity contribution is 0.586. The first-order chi connectivity index (χ1) is 7.15. The molecule has 0 aliphatic heterocycles. The summed E-state index contributed by atoms with van der Waals surface area (Å²) in [5.41, 5.74) is 2.37. The van der Waals surface area contributed by atoms with E-state index in [9.17, 15) is 0 Å². The predicted molar refractivity (Wildman–Crippen MR) is 66.1 cm³/mol. The molecule has 0 aliphatic carbocycles. The Kier molecular flexibility index (Phi) is 3.10.